The van der Waals surface area contributed by atoms with Crippen molar-refractivity contribution in [1.82, 2.24) is 4.98 Å². The molecule has 0 fully saturated rings. The molecule has 0 aliphatic heterocycles. The maximum atomic E-state index is 13.4. The summed E-state index contributed by atoms with van der Waals surface area (Å²) in [7, 11) is 0. The van der Waals surface area contributed by atoms with Gasteiger partial charge in [0, 0.05) is 16.8 Å². The molecule has 0 saturated heterocycles. The first-order chi connectivity index (χ1) is 10.2. The molecule has 0 atom stereocenters. The molecular formula is C17H17F2NO. The molecule has 2 nitrogen and oxygen atoms in total. The van der Waals surface area contributed by atoms with Gasteiger partial charge in [0.15, 0.2) is 0 Å². The van der Waals surface area contributed by atoms with Crippen LogP contribution in [0.2, 0.25) is 0 Å². The largest absolute Gasteiger partial charge is 0.478 e. The highest BCUT2D eigenvalue weighted by atomic mass is 19.1. The number of fused-ring (bicyclic) bond motifs is 3. The topological polar surface area (TPSA) is 22.1 Å². The first kappa shape index (κ1) is 15.2. The van der Waals surface area contributed by atoms with Crippen LogP contribution in [0.25, 0.3) is 21.7 Å². The highest BCUT2D eigenvalue weighted by Crippen LogP contribution is 2.31. The van der Waals surface area contributed by atoms with Gasteiger partial charge in [0.25, 0.3) is 0 Å². The van der Waals surface area contributed by atoms with Crippen LogP contribution in [0.4, 0.5) is 8.78 Å². The van der Waals surface area contributed by atoms with E-state index in [0.717, 1.165) is 5.39 Å². The molecule has 0 N–H and O–H groups in total. The van der Waals surface area contributed by atoms with E-state index in [2.05, 4.69) is 4.98 Å². The van der Waals surface area contributed by atoms with E-state index in [4.69, 9.17) is 4.74 Å². The lowest BCUT2D eigenvalue weighted by Crippen LogP contribution is -1.97. The summed E-state index contributed by atoms with van der Waals surface area (Å²) in [5, 5.41) is 2.11. The van der Waals surface area contributed by atoms with Crippen molar-refractivity contribution in [3.63, 3.8) is 0 Å². The van der Waals surface area contributed by atoms with E-state index in [9.17, 15) is 8.78 Å². The summed E-state index contributed by atoms with van der Waals surface area (Å²) in [6.07, 6.45) is 0. The lowest BCUT2D eigenvalue weighted by atomic mass is 10.1. The maximum Gasteiger partial charge on any atom is 0.221 e. The molecule has 110 valence electrons. The molecule has 1 aromatic heterocycles. The van der Waals surface area contributed by atoms with Crippen LogP contribution < -0.4 is 4.74 Å². The molecule has 0 aliphatic carbocycles. The molecule has 2 aromatic carbocycles. The van der Waals surface area contributed by atoms with Crippen molar-refractivity contribution in [3.05, 3.63) is 48.0 Å². The molecule has 0 bridgehead atoms. The predicted molar refractivity (Wildman–Crippen MR) is 81.7 cm³/mol. The third-order valence-electron chi connectivity index (χ3n) is 2.97. The number of nitrogens with zero attached hydrogens (tertiary/aromatic N) is 1. The van der Waals surface area contributed by atoms with Gasteiger partial charge in [0.05, 0.1) is 12.1 Å². The molecule has 4 heteroatoms. The molecule has 0 aliphatic rings. The summed E-state index contributed by atoms with van der Waals surface area (Å²) in [6.45, 7) is 6.28. The summed E-state index contributed by atoms with van der Waals surface area (Å²) in [5.41, 5.74) is 0.460. The zero-order valence-corrected chi connectivity index (χ0v) is 12.3. The Balaban J connectivity index is 0.000000774. The van der Waals surface area contributed by atoms with Crippen LogP contribution in [-0.4, -0.2) is 11.6 Å². The molecule has 3 rings (SSSR count). The number of halogens is 2. The van der Waals surface area contributed by atoms with Crippen molar-refractivity contribution in [3.8, 4) is 5.88 Å². The van der Waals surface area contributed by atoms with Crippen molar-refractivity contribution in [2.75, 3.05) is 6.61 Å². The summed E-state index contributed by atoms with van der Waals surface area (Å²) < 4.78 is 32.2. The van der Waals surface area contributed by atoms with E-state index < -0.39 is 0 Å². The van der Waals surface area contributed by atoms with E-state index in [1.807, 2.05) is 20.8 Å². The monoisotopic (exact) mass is 289 g/mol. The van der Waals surface area contributed by atoms with Gasteiger partial charge in [-0.3, -0.25) is 0 Å². The minimum atomic E-state index is -0.377. The van der Waals surface area contributed by atoms with Crippen LogP contribution in [0.1, 0.15) is 20.8 Å². The summed E-state index contributed by atoms with van der Waals surface area (Å²) in [6, 6.07) is 8.68. The van der Waals surface area contributed by atoms with Gasteiger partial charge in [-0.25, -0.2) is 13.8 Å². The summed E-state index contributed by atoms with van der Waals surface area (Å²) in [4.78, 5) is 4.30. The Morgan fingerprint density at radius 2 is 1.52 bits per heavy atom. The molecule has 0 amide bonds. The SMILES string of the molecule is CC.CCOc1nc2cc(F)ccc2c2cc(F)ccc12. The van der Waals surface area contributed by atoms with Crippen molar-refractivity contribution in [2.45, 2.75) is 20.8 Å². The fraction of sp³-hybridized carbons (Fsp3) is 0.235. The Morgan fingerprint density at radius 3 is 2.19 bits per heavy atom. The predicted octanol–water partition coefficient (Wildman–Crippen LogP) is 5.09. The van der Waals surface area contributed by atoms with Crippen molar-refractivity contribution in [1.29, 1.82) is 0 Å². The lowest BCUT2D eigenvalue weighted by Gasteiger charge is -2.09. The first-order valence-electron chi connectivity index (χ1n) is 7.00. The number of benzene rings is 2. The van der Waals surface area contributed by atoms with Gasteiger partial charge in [0.2, 0.25) is 5.88 Å². The number of ether oxygens (including phenoxy) is 1. The van der Waals surface area contributed by atoms with Crippen LogP contribution in [0, 0.1) is 11.6 Å². The normalized spacial score (nSPS) is 10.3. The number of hydrogen-bond acceptors (Lipinski definition) is 2. The number of hydrogen-bond donors (Lipinski definition) is 0. The maximum absolute atomic E-state index is 13.4. The van der Waals surface area contributed by atoms with E-state index in [1.54, 1.807) is 12.1 Å². The molecule has 0 saturated carbocycles. The Labute approximate surface area is 122 Å². The van der Waals surface area contributed by atoms with Crippen LogP contribution >= 0.6 is 0 Å². The molecule has 0 radical (unpaired) electrons. The second-order valence-corrected chi connectivity index (χ2v) is 4.20. The fourth-order valence-corrected chi connectivity index (χ4v) is 2.17. The highest BCUT2D eigenvalue weighted by molar-refractivity contribution is 6.07. The quantitative estimate of drug-likeness (QED) is 0.613. The van der Waals surface area contributed by atoms with Gasteiger partial charge in [-0.1, -0.05) is 13.8 Å². The average molecular weight is 289 g/mol. The van der Waals surface area contributed by atoms with Gasteiger partial charge < -0.3 is 4.74 Å². The van der Waals surface area contributed by atoms with E-state index in [-0.39, 0.29) is 11.6 Å². The van der Waals surface area contributed by atoms with Gasteiger partial charge in [-0.15, -0.1) is 0 Å². The van der Waals surface area contributed by atoms with Gasteiger partial charge in [-0.2, -0.15) is 0 Å². The minimum Gasteiger partial charge on any atom is -0.478 e. The summed E-state index contributed by atoms with van der Waals surface area (Å²) >= 11 is 0. The van der Waals surface area contributed by atoms with E-state index >= 15 is 0 Å². The highest BCUT2D eigenvalue weighted by Gasteiger charge is 2.10. The average Bonchev–Trinajstić information content (AvgIpc) is 2.49. The van der Waals surface area contributed by atoms with Gasteiger partial charge in [0.1, 0.15) is 11.6 Å². The molecule has 1 heterocycles. The van der Waals surface area contributed by atoms with E-state index in [0.29, 0.717) is 28.8 Å². The first-order valence-corrected chi connectivity index (χ1v) is 7.00. The third-order valence-corrected chi connectivity index (χ3v) is 2.97. The van der Waals surface area contributed by atoms with Crippen LogP contribution in [0.5, 0.6) is 5.88 Å². The third kappa shape index (κ3) is 2.94. The Bertz CT molecular complexity index is 771. The second-order valence-electron chi connectivity index (χ2n) is 4.20. The summed E-state index contributed by atoms with van der Waals surface area (Å²) in [5.74, 6) is -0.319. The van der Waals surface area contributed by atoms with E-state index in [1.165, 1.54) is 24.3 Å². The second kappa shape index (κ2) is 6.48. The number of pyridine rings is 1. The van der Waals surface area contributed by atoms with Crippen molar-refractivity contribution < 1.29 is 13.5 Å². The van der Waals surface area contributed by atoms with Crippen molar-refractivity contribution >= 4 is 21.7 Å². The van der Waals surface area contributed by atoms with Crippen molar-refractivity contribution in [2.24, 2.45) is 0 Å². The Kier molecular flexibility index (Phi) is 4.68. The standard InChI is InChI=1S/C15H11F2NO.C2H6/c1-2-19-15-12-6-4-9(16)7-13(12)11-5-3-10(17)8-14(11)18-15;1-2/h3-8H,2H2,1H3;1-2H3. The minimum absolute atomic E-state index is 0.341. The number of rotatable bonds is 2. The molecule has 3 aromatic rings. The van der Waals surface area contributed by atoms with Crippen LogP contribution in [-0.2, 0) is 0 Å². The zero-order valence-electron chi connectivity index (χ0n) is 12.3. The molecule has 21 heavy (non-hydrogen) atoms. The van der Waals surface area contributed by atoms with Gasteiger partial charge >= 0.3 is 0 Å². The van der Waals surface area contributed by atoms with Crippen LogP contribution in [0.3, 0.4) is 0 Å². The molecular weight excluding hydrogens is 272 g/mol. The Morgan fingerprint density at radius 1 is 0.905 bits per heavy atom. The van der Waals surface area contributed by atoms with Gasteiger partial charge in [-0.05, 0) is 42.6 Å². The molecule has 0 unspecified atom stereocenters. The smallest absolute Gasteiger partial charge is 0.221 e. The number of aromatic nitrogens is 1. The molecule has 0 spiro atoms. The fourth-order valence-electron chi connectivity index (χ4n) is 2.17. The lowest BCUT2D eigenvalue weighted by molar-refractivity contribution is 0.332. The zero-order chi connectivity index (χ0) is 15.4. The van der Waals surface area contributed by atoms with Crippen LogP contribution in [0.15, 0.2) is 36.4 Å². The Hall–Kier alpha value is -2.23.